The normalized spacial score (nSPS) is 24.5. The van der Waals surface area contributed by atoms with Gasteiger partial charge in [0.25, 0.3) is 0 Å². The summed E-state index contributed by atoms with van der Waals surface area (Å²) in [5, 5.41) is 0. The lowest BCUT2D eigenvalue weighted by molar-refractivity contribution is -0.281. The molecule has 1 rings (SSSR count). The van der Waals surface area contributed by atoms with Crippen LogP contribution in [0.2, 0.25) is 0 Å². The predicted molar refractivity (Wildman–Crippen MR) is 106 cm³/mol. The fraction of sp³-hybridized carbons (Fsp3) is 0.955. The first-order valence-electron chi connectivity index (χ1n) is 10.5. The van der Waals surface area contributed by atoms with E-state index in [-0.39, 0.29) is 29.9 Å². The van der Waals surface area contributed by atoms with E-state index >= 15 is 0 Å². The highest BCUT2D eigenvalue weighted by Crippen LogP contribution is 2.34. The molecule has 0 spiro atoms. The highest BCUT2D eigenvalue weighted by atomic mass is 16.7. The van der Waals surface area contributed by atoms with Crippen molar-refractivity contribution in [2.75, 3.05) is 6.61 Å². The molecule has 0 aromatic heterocycles. The minimum absolute atomic E-state index is 0.0287. The number of hydrogen-bond donors (Lipinski definition) is 0. The molecule has 0 amide bonds. The first-order valence-corrected chi connectivity index (χ1v) is 10.5. The van der Waals surface area contributed by atoms with Crippen molar-refractivity contribution in [1.29, 1.82) is 0 Å². The molecule has 0 bridgehead atoms. The topological polar surface area (TPSA) is 44.8 Å². The van der Waals surface area contributed by atoms with Gasteiger partial charge < -0.3 is 14.2 Å². The molecule has 4 heteroatoms. The zero-order valence-corrected chi connectivity index (χ0v) is 18.2. The Labute approximate surface area is 161 Å². The molecule has 0 aromatic rings. The molecule has 154 valence electrons. The van der Waals surface area contributed by atoms with Crippen LogP contribution >= 0.6 is 0 Å². The monoisotopic (exact) mass is 370 g/mol. The van der Waals surface area contributed by atoms with E-state index in [1.54, 1.807) is 0 Å². The maximum absolute atomic E-state index is 11.8. The SMILES string of the molecule is CCCCCC[C@H]1C[C@H](CCCOC(=O)C(C)(C)C)O[C@@H](C(C)(C)C)O1. The summed E-state index contributed by atoms with van der Waals surface area (Å²) in [6.45, 7) is 14.9. The van der Waals surface area contributed by atoms with E-state index in [0.717, 1.165) is 25.7 Å². The Kier molecular flexibility index (Phi) is 9.60. The van der Waals surface area contributed by atoms with Gasteiger partial charge in [0.05, 0.1) is 24.2 Å². The van der Waals surface area contributed by atoms with Gasteiger partial charge in [0.2, 0.25) is 0 Å². The Balaban J connectivity index is 2.45. The fourth-order valence-corrected chi connectivity index (χ4v) is 3.06. The predicted octanol–water partition coefficient (Wildman–Crippen LogP) is 5.87. The molecular formula is C22H42O4. The van der Waals surface area contributed by atoms with Crippen LogP contribution in [0, 0.1) is 10.8 Å². The van der Waals surface area contributed by atoms with Crippen LogP contribution in [0.1, 0.15) is 99.8 Å². The standard InChI is InChI=1S/C22H42O4/c1-8-9-10-11-13-17-16-18(26-20(25-17)22(5,6)7)14-12-15-24-19(23)21(2,3)4/h17-18,20H,8-16H2,1-7H3/t17-,18-,20-/m0/s1. The van der Waals surface area contributed by atoms with E-state index in [1.165, 1.54) is 25.7 Å². The van der Waals surface area contributed by atoms with Gasteiger partial charge >= 0.3 is 5.97 Å². The van der Waals surface area contributed by atoms with Gasteiger partial charge in [-0.05, 0) is 40.0 Å². The van der Waals surface area contributed by atoms with Crippen molar-refractivity contribution in [1.82, 2.24) is 0 Å². The van der Waals surface area contributed by atoms with Gasteiger partial charge in [0.1, 0.15) is 0 Å². The van der Waals surface area contributed by atoms with E-state index in [4.69, 9.17) is 14.2 Å². The molecule has 1 fully saturated rings. The summed E-state index contributed by atoms with van der Waals surface area (Å²) in [6, 6.07) is 0. The van der Waals surface area contributed by atoms with Crippen LogP contribution in [-0.4, -0.2) is 31.1 Å². The van der Waals surface area contributed by atoms with Gasteiger partial charge in [-0.2, -0.15) is 0 Å². The lowest BCUT2D eigenvalue weighted by Gasteiger charge is -2.41. The summed E-state index contributed by atoms with van der Waals surface area (Å²) >= 11 is 0. The first kappa shape index (κ1) is 23.4. The lowest BCUT2D eigenvalue weighted by atomic mass is 9.93. The van der Waals surface area contributed by atoms with E-state index in [0.29, 0.717) is 6.61 Å². The molecule has 0 aliphatic carbocycles. The number of ether oxygens (including phenoxy) is 3. The second-order valence-corrected chi connectivity index (χ2v) is 9.83. The van der Waals surface area contributed by atoms with Crippen LogP contribution in [0.15, 0.2) is 0 Å². The molecule has 3 atom stereocenters. The van der Waals surface area contributed by atoms with Gasteiger partial charge in [-0.1, -0.05) is 53.4 Å². The van der Waals surface area contributed by atoms with Crippen molar-refractivity contribution in [3.8, 4) is 0 Å². The second-order valence-electron chi connectivity index (χ2n) is 9.83. The third kappa shape index (κ3) is 8.85. The Bertz CT molecular complexity index is 405. The van der Waals surface area contributed by atoms with Gasteiger partial charge in [-0.3, -0.25) is 4.79 Å². The van der Waals surface area contributed by atoms with Gasteiger partial charge in [0.15, 0.2) is 6.29 Å². The number of carbonyl (C=O) groups excluding carboxylic acids is 1. The third-order valence-electron chi connectivity index (χ3n) is 4.76. The van der Waals surface area contributed by atoms with E-state index in [2.05, 4.69) is 27.7 Å². The largest absolute Gasteiger partial charge is 0.465 e. The number of hydrogen-bond acceptors (Lipinski definition) is 4. The van der Waals surface area contributed by atoms with Crippen LogP contribution in [-0.2, 0) is 19.0 Å². The van der Waals surface area contributed by atoms with E-state index < -0.39 is 5.41 Å². The average Bonchev–Trinajstić information content (AvgIpc) is 2.53. The maximum atomic E-state index is 11.8. The Morgan fingerprint density at radius 2 is 1.50 bits per heavy atom. The molecule has 1 aliphatic heterocycles. The summed E-state index contributed by atoms with van der Waals surface area (Å²) < 4.78 is 17.8. The Morgan fingerprint density at radius 1 is 0.923 bits per heavy atom. The summed E-state index contributed by atoms with van der Waals surface area (Å²) in [5.74, 6) is -0.133. The number of carbonyl (C=O) groups is 1. The van der Waals surface area contributed by atoms with Gasteiger partial charge in [-0.25, -0.2) is 0 Å². The average molecular weight is 371 g/mol. The summed E-state index contributed by atoms with van der Waals surface area (Å²) in [4.78, 5) is 11.8. The van der Waals surface area contributed by atoms with Crippen LogP contribution in [0.4, 0.5) is 0 Å². The van der Waals surface area contributed by atoms with Crippen molar-refractivity contribution in [2.45, 2.75) is 118 Å². The number of esters is 1. The quantitative estimate of drug-likeness (QED) is 0.376. The van der Waals surface area contributed by atoms with Crippen molar-refractivity contribution in [2.24, 2.45) is 10.8 Å². The highest BCUT2D eigenvalue weighted by molar-refractivity contribution is 5.75. The molecule has 0 N–H and O–H groups in total. The maximum Gasteiger partial charge on any atom is 0.311 e. The van der Waals surface area contributed by atoms with Crippen LogP contribution in [0.5, 0.6) is 0 Å². The molecular weight excluding hydrogens is 328 g/mol. The van der Waals surface area contributed by atoms with Crippen molar-refractivity contribution in [3.05, 3.63) is 0 Å². The minimum Gasteiger partial charge on any atom is -0.465 e. The highest BCUT2D eigenvalue weighted by Gasteiger charge is 2.36. The van der Waals surface area contributed by atoms with Gasteiger partial charge in [-0.15, -0.1) is 0 Å². The molecule has 1 aliphatic rings. The first-order chi connectivity index (χ1) is 12.0. The fourth-order valence-electron chi connectivity index (χ4n) is 3.06. The molecule has 0 radical (unpaired) electrons. The number of unbranched alkanes of at least 4 members (excludes halogenated alkanes) is 3. The third-order valence-corrected chi connectivity index (χ3v) is 4.76. The molecule has 1 saturated heterocycles. The smallest absolute Gasteiger partial charge is 0.311 e. The molecule has 0 aromatic carbocycles. The van der Waals surface area contributed by atoms with Crippen LogP contribution < -0.4 is 0 Å². The number of rotatable bonds is 9. The summed E-state index contributed by atoms with van der Waals surface area (Å²) in [7, 11) is 0. The molecule has 0 unspecified atom stereocenters. The van der Waals surface area contributed by atoms with Crippen molar-refractivity contribution >= 4 is 5.97 Å². The zero-order chi connectivity index (χ0) is 19.8. The summed E-state index contributed by atoms with van der Waals surface area (Å²) in [6.07, 6.45) is 9.21. The molecule has 1 heterocycles. The molecule has 26 heavy (non-hydrogen) atoms. The van der Waals surface area contributed by atoms with Crippen molar-refractivity contribution in [3.63, 3.8) is 0 Å². The van der Waals surface area contributed by atoms with E-state index in [1.807, 2.05) is 20.8 Å². The second kappa shape index (κ2) is 10.7. The Morgan fingerprint density at radius 3 is 2.00 bits per heavy atom. The van der Waals surface area contributed by atoms with E-state index in [9.17, 15) is 4.79 Å². The molecule has 4 nitrogen and oxygen atoms in total. The zero-order valence-electron chi connectivity index (χ0n) is 18.2. The van der Waals surface area contributed by atoms with Crippen molar-refractivity contribution < 1.29 is 19.0 Å². The Hall–Kier alpha value is -0.610. The van der Waals surface area contributed by atoms with Gasteiger partial charge in [0, 0.05) is 11.8 Å². The van der Waals surface area contributed by atoms with Crippen LogP contribution in [0.25, 0.3) is 0 Å². The summed E-state index contributed by atoms with van der Waals surface area (Å²) in [5.41, 5.74) is -0.463. The lowest BCUT2D eigenvalue weighted by Crippen LogP contribution is -2.44. The molecule has 0 saturated carbocycles. The van der Waals surface area contributed by atoms with Crippen LogP contribution in [0.3, 0.4) is 0 Å². The minimum atomic E-state index is -0.434.